The Labute approximate surface area is 131 Å². The summed E-state index contributed by atoms with van der Waals surface area (Å²) in [7, 11) is 0. The molecule has 0 saturated heterocycles. The molecule has 0 aliphatic rings. The third kappa shape index (κ3) is 3.10. The predicted molar refractivity (Wildman–Crippen MR) is 89.7 cm³/mol. The molecule has 1 aromatic heterocycles. The molecule has 3 rings (SSSR count). The Bertz CT molecular complexity index is 623. The van der Waals surface area contributed by atoms with Crippen molar-refractivity contribution in [2.45, 2.75) is 18.3 Å². The molecule has 0 fully saturated rings. The number of rotatable bonds is 6. The van der Waals surface area contributed by atoms with Crippen molar-refractivity contribution in [1.82, 2.24) is 9.97 Å². The normalized spacial score (nSPS) is 12.5. The maximum Gasteiger partial charge on any atom is 0.110 e. The number of aromatic amines is 1. The van der Waals surface area contributed by atoms with Crippen molar-refractivity contribution >= 4 is 0 Å². The second-order valence-electron chi connectivity index (χ2n) is 5.46. The summed E-state index contributed by atoms with van der Waals surface area (Å²) in [5, 5.41) is 0. The summed E-state index contributed by atoms with van der Waals surface area (Å²) in [5.74, 6) is 1.49. The maximum atomic E-state index is 5.89. The molecule has 0 amide bonds. The molecule has 0 aliphatic heterocycles. The van der Waals surface area contributed by atoms with Crippen LogP contribution in [0.1, 0.15) is 35.2 Å². The first-order chi connectivity index (χ1) is 10.9. The summed E-state index contributed by atoms with van der Waals surface area (Å²) < 4.78 is 0. The molecule has 0 saturated carbocycles. The predicted octanol–water partition coefficient (Wildman–Crippen LogP) is 3.67. The first-order valence-corrected chi connectivity index (χ1v) is 7.69. The molecule has 3 aromatic rings. The van der Waals surface area contributed by atoms with Gasteiger partial charge < -0.3 is 10.7 Å². The van der Waals surface area contributed by atoms with Gasteiger partial charge in [-0.3, -0.25) is 0 Å². The van der Waals surface area contributed by atoms with Gasteiger partial charge in [0.1, 0.15) is 5.82 Å². The van der Waals surface area contributed by atoms with Crippen LogP contribution in [0, 0.1) is 0 Å². The molecule has 3 N–H and O–H groups in total. The number of hydrogen-bond acceptors (Lipinski definition) is 2. The van der Waals surface area contributed by atoms with Crippen molar-refractivity contribution in [2.24, 2.45) is 5.73 Å². The van der Waals surface area contributed by atoms with Gasteiger partial charge in [0, 0.05) is 24.2 Å². The molecule has 3 nitrogen and oxygen atoms in total. The third-order valence-corrected chi connectivity index (χ3v) is 4.07. The monoisotopic (exact) mass is 291 g/mol. The van der Waals surface area contributed by atoms with Gasteiger partial charge in [0.2, 0.25) is 0 Å². The van der Waals surface area contributed by atoms with E-state index in [1.807, 2.05) is 12.4 Å². The summed E-state index contributed by atoms with van der Waals surface area (Å²) in [5.41, 5.74) is 8.48. The molecule has 1 unspecified atom stereocenters. The van der Waals surface area contributed by atoms with Crippen LogP contribution in [0.3, 0.4) is 0 Å². The van der Waals surface area contributed by atoms with Crippen molar-refractivity contribution in [2.75, 3.05) is 6.54 Å². The second-order valence-corrected chi connectivity index (χ2v) is 5.46. The summed E-state index contributed by atoms with van der Waals surface area (Å²) in [6.45, 7) is 0.640. The molecule has 0 radical (unpaired) electrons. The molecule has 2 aromatic carbocycles. The number of benzene rings is 2. The fourth-order valence-corrected chi connectivity index (χ4v) is 3.10. The van der Waals surface area contributed by atoms with E-state index in [1.165, 1.54) is 11.1 Å². The smallest absolute Gasteiger partial charge is 0.110 e. The highest BCUT2D eigenvalue weighted by atomic mass is 14.9. The fraction of sp³-hybridized carbons (Fsp3) is 0.211. The first-order valence-electron chi connectivity index (χ1n) is 7.69. The zero-order chi connectivity index (χ0) is 15.2. The van der Waals surface area contributed by atoms with Crippen LogP contribution in [-0.4, -0.2) is 16.5 Å². The van der Waals surface area contributed by atoms with E-state index < -0.39 is 0 Å². The summed E-state index contributed by atoms with van der Waals surface area (Å²) >= 11 is 0. The zero-order valence-electron chi connectivity index (χ0n) is 12.5. The lowest BCUT2D eigenvalue weighted by Crippen LogP contribution is -2.18. The molecule has 1 atom stereocenters. The van der Waals surface area contributed by atoms with Gasteiger partial charge in [-0.05, 0) is 24.1 Å². The van der Waals surface area contributed by atoms with Crippen LogP contribution in [0.15, 0.2) is 73.1 Å². The fourth-order valence-electron chi connectivity index (χ4n) is 3.10. The van der Waals surface area contributed by atoms with E-state index in [-0.39, 0.29) is 11.8 Å². The molecule has 112 valence electrons. The van der Waals surface area contributed by atoms with E-state index >= 15 is 0 Å². The van der Waals surface area contributed by atoms with Gasteiger partial charge in [0.05, 0.1) is 0 Å². The second kappa shape index (κ2) is 7.05. The molecule has 22 heavy (non-hydrogen) atoms. The Kier molecular flexibility index (Phi) is 4.66. The number of nitrogens with two attached hydrogens (primary N) is 1. The van der Waals surface area contributed by atoms with E-state index in [2.05, 4.69) is 70.6 Å². The lowest BCUT2D eigenvalue weighted by molar-refractivity contribution is 0.541. The molecule has 3 heteroatoms. The van der Waals surface area contributed by atoms with Gasteiger partial charge in [-0.25, -0.2) is 4.98 Å². The van der Waals surface area contributed by atoms with Crippen molar-refractivity contribution < 1.29 is 0 Å². The van der Waals surface area contributed by atoms with Gasteiger partial charge in [-0.1, -0.05) is 60.7 Å². The minimum absolute atomic E-state index is 0.241. The Morgan fingerprint density at radius 3 is 1.95 bits per heavy atom. The number of nitrogens with one attached hydrogen (secondary N) is 1. The van der Waals surface area contributed by atoms with Crippen LogP contribution in [-0.2, 0) is 0 Å². The third-order valence-electron chi connectivity index (χ3n) is 4.07. The lowest BCUT2D eigenvalue weighted by atomic mass is 9.78. The number of hydrogen-bond donors (Lipinski definition) is 2. The minimum atomic E-state index is 0.241. The molecule has 0 spiro atoms. The van der Waals surface area contributed by atoms with Crippen molar-refractivity contribution in [1.29, 1.82) is 0 Å². The Balaban J connectivity index is 2.07. The van der Waals surface area contributed by atoms with Gasteiger partial charge in [-0.2, -0.15) is 0 Å². The van der Waals surface area contributed by atoms with Crippen LogP contribution >= 0.6 is 0 Å². The SMILES string of the molecule is NCCC(c1ncc[nH]1)C(c1ccccc1)c1ccccc1. The highest BCUT2D eigenvalue weighted by Crippen LogP contribution is 2.38. The summed E-state index contributed by atoms with van der Waals surface area (Å²) in [6.07, 6.45) is 4.58. The van der Waals surface area contributed by atoms with Gasteiger partial charge in [-0.15, -0.1) is 0 Å². The van der Waals surface area contributed by atoms with Crippen LogP contribution in [0.25, 0.3) is 0 Å². The molecule has 0 bridgehead atoms. The largest absolute Gasteiger partial charge is 0.348 e. The molecular formula is C19H21N3. The molecule has 1 heterocycles. The van der Waals surface area contributed by atoms with Gasteiger partial charge in [0.15, 0.2) is 0 Å². The topological polar surface area (TPSA) is 54.7 Å². The number of aromatic nitrogens is 2. The number of nitrogens with zero attached hydrogens (tertiary/aromatic N) is 1. The quantitative estimate of drug-likeness (QED) is 0.728. The lowest BCUT2D eigenvalue weighted by Gasteiger charge is -2.26. The number of imidazole rings is 1. The van der Waals surface area contributed by atoms with E-state index in [1.54, 1.807) is 0 Å². The standard InChI is InChI=1S/C19H21N3/c20-12-11-17(19-21-13-14-22-19)18(15-7-3-1-4-8-15)16-9-5-2-6-10-16/h1-10,13-14,17-18H,11-12,20H2,(H,21,22). The molecule has 0 aliphatic carbocycles. The first kappa shape index (κ1) is 14.5. The number of H-pyrrole nitrogens is 1. The van der Waals surface area contributed by atoms with E-state index in [0.29, 0.717) is 6.54 Å². The Morgan fingerprint density at radius 1 is 0.909 bits per heavy atom. The van der Waals surface area contributed by atoms with E-state index in [0.717, 1.165) is 12.2 Å². The van der Waals surface area contributed by atoms with Crippen LogP contribution in [0.4, 0.5) is 0 Å². The van der Waals surface area contributed by atoms with Gasteiger partial charge in [0.25, 0.3) is 0 Å². The summed E-state index contributed by atoms with van der Waals surface area (Å²) in [4.78, 5) is 7.77. The van der Waals surface area contributed by atoms with Crippen molar-refractivity contribution in [3.05, 3.63) is 90.0 Å². The molecular weight excluding hydrogens is 270 g/mol. The van der Waals surface area contributed by atoms with Crippen LogP contribution in [0.2, 0.25) is 0 Å². The van der Waals surface area contributed by atoms with Crippen LogP contribution in [0.5, 0.6) is 0 Å². The Hall–Kier alpha value is -2.39. The maximum absolute atomic E-state index is 5.89. The highest BCUT2D eigenvalue weighted by Gasteiger charge is 2.27. The van der Waals surface area contributed by atoms with Gasteiger partial charge >= 0.3 is 0 Å². The minimum Gasteiger partial charge on any atom is -0.348 e. The zero-order valence-corrected chi connectivity index (χ0v) is 12.5. The Morgan fingerprint density at radius 2 is 1.50 bits per heavy atom. The van der Waals surface area contributed by atoms with E-state index in [4.69, 9.17) is 5.73 Å². The van der Waals surface area contributed by atoms with Crippen LogP contribution < -0.4 is 5.73 Å². The summed E-state index contributed by atoms with van der Waals surface area (Å²) in [6, 6.07) is 21.2. The average molecular weight is 291 g/mol. The average Bonchev–Trinajstić information content (AvgIpc) is 3.11. The van der Waals surface area contributed by atoms with Crippen molar-refractivity contribution in [3.8, 4) is 0 Å². The van der Waals surface area contributed by atoms with E-state index in [9.17, 15) is 0 Å². The highest BCUT2D eigenvalue weighted by molar-refractivity contribution is 5.35. The van der Waals surface area contributed by atoms with Crippen molar-refractivity contribution in [3.63, 3.8) is 0 Å².